The summed E-state index contributed by atoms with van der Waals surface area (Å²) >= 11 is 5.57. The summed E-state index contributed by atoms with van der Waals surface area (Å²) in [5.41, 5.74) is 0.906. The summed E-state index contributed by atoms with van der Waals surface area (Å²) in [5.74, 6) is 0.624. The van der Waals surface area contributed by atoms with E-state index in [1.165, 1.54) is 0 Å². The van der Waals surface area contributed by atoms with Gasteiger partial charge in [0, 0.05) is 18.3 Å². The third-order valence-electron chi connectivity index (χ3n) is 2.45. The molecule has 1 aromatic heterocycles. The fourth-order valence-electron chi connectivity index (χ4n) is 1.66. The third-order valence-corrected chi connectivity index (χ3v) is 4.00. The van der Waals surface area contributed by atoms with Gasteiger partial charge in [-0.05, 0) is 40.6 Å². The average molecular weight is 381 g/mol. The summed E-state index contributed by atoms with van der Waals surface area (Å²) in [6.07, 6.45) is 2.40. The Morgan fingerprint density at radius 1 is 1.60 bits per heavy atom. The van der Waals surface area contributed by atoms with Crippen molar-refractivity contribution in [2.45, 2.75) is 6.42 Å². The number of carbonyl (C=O) groups excluding carboxylic acids is 1. The molecule has 0 radical (unpaired) electrons. The monoisotopic (exact) mass is 380 g/mol. The van der Waals surface area contributed by atoms with Gasteiger partial charge in [-0.3, -0.25) is 4.79 Å². The molecule has 1 unspecified atom stereocenters. The zero-order chi connectivity index (χ0) is 10.8. The fraction of sp³-hybridized carbons (Fsp3) is 0.400. The highest BCUT2D eigenvalue weighted by Gasteiger charge is 2.29. The lowest BCUT2D eigenvalue weighted by atomic mass is 10.2. The van der Waals surface area contributed by atoms with E-state index in [0.717, 1.165) is 21.3 Å². The number of hydrogen-bond donors (Lipinski definition) is 0. The van der Waals surface area contributed by atoms with E-state index in [9.17, 15) is 4.79 Å². The number of hydrogen-bond acceptors (Lipinski definition) is 2. The standard InChI is InChI=1S/C10H10BrIN2O/c11-4-7-3-10(15)14(6-7)8-1-2-9(12)13-5-8/h1-2,5,7H,3-4,6H2. The normalized spacial score (nSPS) is 21.1. The Morgan fingerprint density at radius 2 is 2.40 bits per heavy atom. The molecule has 15 heavy (non-hydrogen) atoms. The first kappa shape index (κ1) is 11.3. The van der Waals surface area contributed by atoms with Crippen molar-refractivity contribution in [3.05, 3.63) is 22.0 Å². The molecule has 0 saturated carbocycles. The van der Waals surface area contributed by atoms with E-state index in [1.54, 1.807) is 6.20 Å². The van der Waals surface area contributed by atoms with Crippen molar-refractivity contribution in [1.29, 1.82) is 0 Å². The number of rotatable bonds is 2. The van der Waals surface area contributed by atoms with Gasteiger partial charge in [0.25, 0.3) is 0 Å². The molecular formula is C10H10BrIN2O. The first-order valence-electron chi connectivity index (χ1n) is 4.68. The van der Waals surface area contributed by atoms with E-state index in [2.05, 4.69) is 43.5 Å². The largest absolute Gasteiger partial charge is 0.311 e. The van der Waals surface area contributed by atoms with E-state index in [4.69, 9.17) is 0 Å². The molecule has 3 nitrogen and oxygen atoms in total. The van der Waals surface area contributed by atoms with Crippen molar-refractivity contribution in [3.8, 4) is 0 Å². The van der Waals surface area contributed by atoms with Crippen LogP contribution in [0.5, 0.6) is 0 Å². The Kier molecular flexibility index (Phi) is 3.60. The van der Waals surface area contributed by atoms with Gasteiger partial charge in [0.1, 0.15) is 3.70 Å². The molecule has 1 fully saturated rings. The zero-order valence-electron chi connectivity index (χ0n) is 7.99. The van der Waals surface area contributed by atoms with Gasteiger partial charge in [-0.2, -0.15) is 0 Å². The summed E-state index contributed by atoms with van der Waals surface area (Å²) in [6, 6.07) is 3.87. The minimum absolute atomic E-state index is 0.197. The van der Waals surface area contributed by atoms with E-state index in [0.29, 0.717) is 12.3 Å². The van der Waals surface area contributed by atoms with E-state index >= 15 is 0 Å². The molecule has 80 valence electrons. The zero-order valence-corrected chi connectivity index (χ0v) is 11.7. The Morgan fingerprint density at radius 3 is 2.93 bits per heavy atom. The molecule has 0 spiro atoms. The van der Waals surface area contributed by atoms with E-state index < -0.39 is 0 Å². The number of carbonyl (C=O) groups is 1. The molecular weight excluding hydrogens is 371 g/mol. The Balaban J connectivity index is 2.18. The summed E-state index contributed by atoms with van der Waals surface area (Å²) in [6.45, 7) is 0.798. The molecule has 2 heterocycles. The average Bonchev–Trinajstić information content (AvgIpc) is 2.61. The van der Waals surface area contributed by atoms with Crippen LogP contribution in [-0.2, 0) is 4.79 Å². The molecule has 5 heteroatoms. The van der Waals surface area contributed by atoms with Crippen LogP contribution in [-0.4, -0.2) is 22.8 Å². The number of pyridine rings is 1. The van der Waals surface area contributed by atoms with Crippen LogP contribution in [0.1, 0.15) is 6.42 Å². The second kappa shape index (κ2) is 4.78. The first-order valence-corrected chi connectivity index (χ1v) is 6.88. The highest BCUT2D eigenvalue weighted by Crippen LogP contribution is 2.25. The molecule has 1 aliphatic rings. The number of nitrogens with zero attached hydrogens (tertiary/aromatic N) is 2. The van der Waals surface area contributed by atoms with Gasteiger partial charge in [0.05, 0.1) is 11.9 Å². The molecule has 0 N–H and O–H groups in total. The lowest BCUT2D eigenvalue weighted by molar-refractivity contribution is -0.117. The van der Waals surface area contributed by atoms with Gasteiger partial charge in [-0.25, -0.2) is 4.98 Å². The van der Waals surface area contributed by atoms with Crippen molar-refractivity contribution in [1.82, 2.24) is 4.98 Å². The van der Waals surface area contributed by atoms with Crippen LogP contribution in [0.4, 0.5) is 5.69 Å². The summed E-state index contributed by atoms with van der Waals surface area (Å²) < 4.78 is 0.944. The van der Waals surface area contributed by atoms with Gasteiger partial charge in [0.2, 0.25) is 5.91 Å². The van der Waals surface area contributed by atoms with Crippen LogP contribution < -0.4 is 4.90 Å². The molecule has 0 aromatic carbocycles. The Bertz CT molecular complexity index is 368. The number of halogens is 2. The minimum atomic E-state index is 0.197. The smallest absolute Gasteiger partial charge is 0.227 e. The second-order valence-electron chi connectivity index (χ2n) is 3.57. The topological polar surface area (TPSA) is 33.2 Å². The molecule has 1 atom stereocenters. The maximum absolute atomic E-state index is 11.7. The van der Waals surface area contributed by atoms with Gasteiger partial charge in [-0.15, -0.1) is 0 Å². The maximum Gasteiger partial charge on any atom is 0.227 e. The highest BCUT2D eigenvalue weighted by molar-refractivity contribution is 14.1. The van der Waals surface area contributed by atoms with Crippen molar-refractivity contribution >= 4 is 50.1 Å². The highest BCUT2D eigenvalue weighted by atomic mass is 127. The van der Waals surface area contributed by atoms with Gasteiger partial charge in [0.15, 0.2) is 0 Å². The van der Waals surface area contributed by atoms with E-state index in [1.807, 2.05) is 17.0 Å². The van der Waals surface area contributed by atoms with Crippen LogP contribution in [0.25, 0.3) is 0 Å². The molecule has 0 aliphatic carbocycles. The van der Waals surface area contributed by atoms with Crippen LogP contribution >= 0.6 is 38.5 Å². The second-order valence-corrected chi connectivity index (χ2v) is 5.32. The molecule has 0 bridgehead atoms. The molecule has 1 aromatic rings. The maximum atomic E-state index is 11.7. The molecule has 1 saturated heterocycles. The van der Waals surface area contributed by atoms with Gasteiger partial charge >= 0.3 is 0 Å². The predicted octanol–water partition coefficient (Wildman–Crippen LogP) is 2.43. The number of amides is 1. The van der Waals surface area contributed by atoms with Gasteiger partial charge < -0.3 is 4.90 Å². The van der Waals surface area contributed by atoms with Crippen molar-refractivity contribution < 1.29 is 4.79 Å². The van der Waals surface area contributed by atoms with Crippen molar-refractivity contribution in [2.24, 2.45) is 5.92 Å². The minimum Gasteiger partial charge on any atom is -0.311 e. The summed E-state index contributed by atoms with van der Waals surface area (Å²) in [7, 11) is 0. The quantitative estimate of drug-likeness (QED) is 0.448. The summed E-state index contributed by atoms with van der Waals surface area (Å²) in [4.78, 5) is 17.7. The number of aromatic nitrogens is 1. The number of anilines is 1. The lowest BCUT2D eigenvalue weighted by Gasteiger charge is -2.15. The Hall–Kier alpha value is -0.170. The third kappa shape index (κ3) is 2.50. The lowest BCUT2D eigenvalue weighted by Crippen LogP contribution is -2.24. The molecule has 1 amide bonds. The Labute approximate surface area is 111 Å². The van der Waals surface area contributed by atoms with Crippen LogP contribution in [0, 0.1) is 9.62 Å². The van der Waals surface area contributed by atoms with E-state index in [-0.39, 0.29) is 5.91 Å². The van der Waals surface area contributed by atoms with Crippen LogP contribution in [0.15, 0.2) is 18.3 Å². The molecule has 1 aliphatic heterocycles. The predicted molar refractivity (Wildman–Crippen MR) is 71.2 cm³/mol. The molecule has 2 rings (SSSR count). The first-order chi connectivity index (χ1) is 7.20. The fourth-order valence-corrected chi connectivity index (χ4v) is 2.41. The van der Waals surface area contributed by atoms with Crippen molar-refractivity contribution in [3.63, 3.8) is 0 Å². The van der Waals surface area contributed by atoms with Crippen LogP contribution in [0.3, 0.4) is 0 Å². The SMILES string of the molecule is O=C1CC(CBr)CN1c1ccc(I)nc1. The van der Waals surface area contributed by atoms with Crippen LogP contribution in [0.2, 0.25) is 0 Å². The number of alkyl halides is 1. The summed E-state index contributed by atoms with van der Waals surface area (Å²) in [5, 5.41) is 0.882. The van der Waals surface area contributed by atoms with Gasteiger partial charge in [-0.1, -0.05) is 15.9 Å². The van der Waals surface area contributed by atoms with Crippen molar-refractivity contribution in [2.75, 3.05) is 16.8 Å².